The Hall–Kier alpha value is -0.490. The third-order valence-corrected chi connectivity index (χ3v) is 5.41. The zero-order valence-corrected chi connectivity index (χ0v) is 14.4. The predicted octanol–water partition coefficient (Wildman–Crippen LogP) is 2.44. The lowest BCUT2D eigenvalue weighted by Crippen LogP contribution is -2.41. The zero-order valence-electron chi connectivity index (χ0n) is 14.4. The first-order chi connectivity index (χ1) is 11.1. The summed E-state index contributed by atoms with van der Waals surface area (Å²) in [6.45, 7) is 2.94. The number of rotatable bonds is 3. The number of aldehydes is 1. The molecule has 0 aromatic rings. The first-order valence-electron chi connectivity index (χ1n) is 9.36. The van der Waals surface area contributed by atoms with Crippen molar-refractivity contribution in [3.63, 3.8) is 0 Å². The first-order valence-corrected chi connectivity index (χ1v) is 9.36. The van der Waals surface area contributed by atoms with Gasteiger partial charge in [-0.05, 0) is 44.4 Å². The van der Waals surface area contributed by atoms with Crippen molar-refractivity contribution in [2.45, 2.75) is 95.5 Å². The van der Waals surface area contributed by atoms with Crippen molar-refractivity contribution in [2.24, 2.45) is 5.92 Å². The average molecular weight is 327 g/mol. The van der Waals surface area contributed by atoms with Crippen LogP contribution in [0.2, 0.25) is 0 Å². The summed E-state index contributed by atoms with van der Waals surface area (Å²) in [5, 5.41) is 20.7. The van der Waals surface area contributed by atoms with Gasteiger partial charge in [0.25, 0.3) is 0 Å². The van der Waals surface area contributed by atoms with Crippen LogP contribution in [0.3, 0.4) is 0 Å². The number of hydroxylamine groups is 2. The summed E-state index contributed by atoms with van der Waals surface area (Å²) in [6.07, 6.45) is 11.1. The lowest BCUT2D eigenvalue weighted by molar-refractivity contribution is -0.232. The predicted molar refractivity (Wildman–Crippen MR) is 88.8 cm³/mol. The van der Waals surface area contributed by atoms with E-state index in [1.54, 1.807) is 5.06 Å². The molecule has 2 N–H and O–H groups in total. The van der Waals surface area contributed by atoms with Gasteiger partial charge in [0.15, 0.2) is 0 Å². The minimum Gasteiger partial charge on any atom is -0.393 e. The second-order valence-corrected chi connectivity index (χ2v) is 7.31. The maximum atomic E-state index is 10.8. The van der Waals surface area contributed by atoms with Gasteiger partial charge in [-0.1, -0.05) is 32.6 Å². The molecule has 1 aliphatic heterocycles. The van der Waals surface area contributed by atoms with Crippen LogP contribution in [0.1, 0.15) is 71.1 Å². The van der Waals surface area contributed by atoms with Crippen LogP contribution in [0, 0.1) is 5.92 Å². The van der Waals surface area contributed by atoms with Gasteiger partial charge in [-0.3, -0.25) is 4.84 Å². The van der Waals surface area contributed by atoms with Gasteiger partial charge in [-0.2, -0.15) is 5.06 Å². The molecule has 0 amide bonds. The van der Waals surface area contributed by atoms with Crippen LogP contribution < -0.4 is 0 Å². The van der Waals surface area contributed by atoms with Crippen molar-refractivity contribution in [1.29, 1.82) is 0 Å². The second kappa shape index (κ2) is 9.72. The van der Waals surface area contributed by atoms with Crippen LogP contribution in [-0.4, -0.2) is 52.5 Å². The molecule has 0 radical (unpaired) electrons. The van der Waals surface area contributed by atoms with Gasteiger partial charge >= 0.3 is 0 Å². The van der Waals surface area contributed by atoms with Crippen LogP contribution in [0.5, 0.6) is 0 Å². The lowest BCUT2D eigenvalue weighted by atomic mass is 9.88. The van der Waals surface area contributed by atoms with Crippen molar-refractivity contribution in [3.8, 4) is 0 Å². The van der Waals surface area contributed by atoms with Gasteiger partial charge in [0.05, 0.1) is 18.2 Å². The molecular formula is C18H33NO4. The Morgan fingerprint density at radius 3 is 2.13 bits per heavy atom. The van der Waals surface area contributed by atoms with Crippen molar-refractivity contribution in [3.05, 3.63) is 0 Å². The van der Waals surface area contributed by atoms with Gasteiger partial charge in [-0.15, -0.1) is 0 Å². The SMILES string of the molecule is C[C@H]1CCCC[C@H]1O.O=C[C@@H]1CCCN1O[C@H]1CCCC[C@H]1O. The molecule has 2 saturated carbocycles. The minimum absolute atomic E-state index is 0.00347. The molecule has 134 valence electrons. The van der Waals surface area contributed by atoms with Crippen molar-refractivity contribution < 1.29 is 19.8 Å². The first kappa shape index (κ1) is 18.8. The molecule has 3 fully saturated rings. The molecule has 2 aliphatic carbocycles. The van der Waals surface area contributed by atoms with E-state index in [0.717, 1.165) is 57.8 Å². The van der Waals surface area contributed by atoms with Crippen LogP contribution in [-0.2, 0) is 9.63 Å². The molecule has 3 aliphatic rings. The molecule has 1 heterocycles. The molecule has 0 spiro atoms. The second-order valence-electron chi connectivity index (χ2n) is 7.31. The summed E-state index contributed by atoms with van der Waals surface area (Å²) in [4.78, 5) is 16.5. The molecule has 5 heteroatoms. The number of carbonyl (C=O) groups is 1. The molecule has 0 aromatic heterocycles. The largest absolute Gasteiger partial charge is 0.393 e. The maximum Gasteiger partial charge on any atom is 0.139 e. The average Bonchev–Trinajstić information content (AvgIpc) is 3.00. The van der Waals surface area contributed by atoms with Gasteiger partial charge < -0.3 is 15.0 Å². The number of aliphatic hydroxyl groups is 2. The lowest BCUT2D eigenvalue weighted by Gasteiger charge is -2.32. The van der Waals surface area contributed by atoms with Crippen LogP contribution in [0.25, 0.3) is 0 Å². The van der Waals surface area contributed by atoms with Crippen molar-refractivity contribution in [1.82, 2.24) is 5.06 Å². The van der Waals surface area contributed by atoms with E-state index in [0.29, 0.717) is 5.92 Å². The Labute approximate surface area is 140 Å². The summed E-state index contributed by atoms with van der Waals surface area (Å²) in [6, 6.07) is -0.0980. The summed E-state index contributed by atoms with van der Waals surface area (Å²) in [7, 11) is 0. The van der Waals surface area contributed by atoms with Gasteiger partial charge in [-0.25, -0.2) is 0 Å². The van der Waals surface area contributed by atoms with Gasteiger partial charge in [0, 0.05) is 6.54 Å². The monoisotopic (exact) mass is 327 g/mol. The van der Waals surface area contributed by atoms with Crippen LogP contribution in [0.4, 0.5) is 0 Å². The minimum atomic E-state index is -0.355. The van der Waals surface area contributed by atoms with Crippen LogP contribution >= 0.6 is 0 Å². The third kappa shape index (κ3) is 5.82. The molecule has 0 unspecified atom stereocenters. The number of nitrogens with zero attached hydrogens (tertiary/aromatic N) is 1. The van der Waals surface area contributed by atoms with E-state index >= 15 is 0 Å². The third-order valence-electron chi connectivity index (χ3n) is 5.41. The van der Waals surface area contributed by atoms with E-state index in [-0.39, 0.29) is 24.4 Å². The van der Waals surface area contributed by atoms with E-state index in [2.05, 4.69) is 6.92 Å². The molecular weight excluding hydrogens is 294 g/mol. The maximum absolute atomic E-state index is 10.8. The van der Waals surface area contributed by atoms with Crippen LogP contribution in [0.15, 0.2) is 0 Å². The highest BCUT2D eigenvalue weighted by molar-refractivity contribution is 5.57. The Balaban J connectivity index is 0.000000203. The van der Waals surface area contributed by atoms with E-state index in [1.165, 1.54) is 19.3 Å². The molecule has 5 nitrogen and oxygen atoms in total. The van der Waals surface area contributed by atoms with Crippen molar-refractivity contribution >= 4 is 6.29 Å². The smallest absolute Gasteiger partial charge is 0.139 e. The normalized spacial score (nSPS) is 38.7. The highest BCUT2D eigenvalue weighted by Gasteiger charge is 2.31. The molecule has 1 saturated heterocycles. The summed E-state index contributed by atoms with van der Waals surface area (Å²) in [5.74, 6) is 0.559. The van der Waals surface area contributed by atoms with E-state index in [4.69, 9.17) is 4.84 Å². The highest BCUT2D eigenvalue weighted by atomic mass is 16.7. The number of carbonyl (C=O) groups excluding carboxylic acids is 1. The fourth-order valence-electron chi connectivity index (χ4n) is 3.70. The summed E-state index contributed by atoms with van der Waals surface area (Å²) >= 11 is 0. The summed E-state index contributed by atoms with van der Waals surface area (Å²) in [5.41, 5.74) is 0. The van der Waals surface area contributed by atoms with E-state index < -0.39 is 0 Å². The fourth-order valence-corrected chi connectivity index (χ4v) is 3.70. The fraction of sp³-hybridized carbons (Fsp3) is 0.944. The number of hydrogen-bond donors (Lipinski definition) is 2. The summed E-state index contributed by atoms with van der Waals surface area (Å²) < 4.78 is 0. The highest BCUT2D eigenvalue weighted by Crippen LogP contribution is 2.25. The Morgan fingerprint density at radius 2 is 1.57 bits per heavy atom. The molecule has 0 aromatic carbocycles. The van der Waals surface area contributed by atoms with Crippen molar-refractivity contribution in [2.75, 3.05) is 6.54 Å². The number of aliphatic hydroxyl groups excluding tert-OH is 2. The Bertz CT molecular complexity index is 342. The van der Waals surface area contributed by atoms with Gasteiger partial charge in [0.2, 0.25) is 0 Å². The Morgan fingerprint density at radius 1 is 0.913 bits per heavy atom. The zero-order chi connectivity index (χ0) is 16.7. The molecule has 0 bridgehead atoms. The molecule has 5 atom stereocenters. The van der Waals surface area contributed by atoms with Gasteiger partial charge in [0.1, 0.15) is 12.4 Å². The number of hydrogen-bond acceptors (Lipinski definition) is 5. The topological polar surface area (TPSA) is 70.0 Å². The molecule has 23 heavy (non-hydrogen) atoms. The quantitative estimate of drug-likeness (QED) is 0.779. The standard InChI is InChI=1S/C11H19NO3.C7H14O/c13-8-9-4-3-7-12(9)15-11-6-2-1-5-10(11)14;1-6-4-2-3-5-7(6)8/h8-11,14H,1-7H2;6-8H,2-5H2,1H3/t9-,10+,11-;6-,7+/m00/s1. The molecule has 3 rings (SSSR count). The van der Waals surface area contributed by atoms with E-state index in [9.17, 15) is 15.0 Å². The van der Waals surface area contributed by atoms with E-state index in [1.807, 2.05) is 0 Å². The Kier molecular flexibility index (Phi) is 7.96.